The fourth-order valence-corrected chi connectivity index (χ4v) is 2.97. The fraction of sp³-hybridized carbons (Fsp3) is 0.625. The molecule has 1 saturated heterocycles. The van der Waals surface area contributed by atoms with Crippen LogP contribution in [0.4, 0.5) is 0 Å². The summed E-state index contributed by atoms with van der Waals surface area (Å²) in [7, 11) is 1.65. The maximum absolute atomic E-state index is 10.3. The van der Waals surface area contributed by atoms with Crippen LogP contribution in [0.2, 0.25) is 0 Å². The molecule has 0 spiro atoms. The zero-order valence-electron chi connectivity index (χ0n) is 12.1. The van der Waals surface area contributed by atoms with Gasteiger partial charge in [0.05, 0.1) is 13.2 Å². The second-order valence-corrected chi connectivity index (χ2v) is 5.91. The molecule has 0 radical (unpaired) electrons. The average molecular weight is 276 g/mol. The molecule has 1 aliphatic carbocycles. The number of nitrogens with zero attached hydrogens (tertiary/aromatic N) is 1. The van der Waals surface area contributed by atoms with Gasteiger partial charge < -0.3 is 15.2 Å². The smallest absolute Gasteiger partial charge is 0.119 e. The molecule has 2 atom stereocenters. The van der Waals surface area contributed by atoms with E-state index in [4.69, 9.17) is 4.74 Å². The molecule has 110 valence electrons. The number of ether oxygens (including phenoxy) is 1. The van der Waals surface area contributed by atoms with Crippen LogP contribution < -0.4 is 10.1 Å². The molecule has 2 unspecified atom stereocenters. The third kappa shape index (κ3) is 3.32. The molecule has 1 aromatic rings. The lowest BCUT2D eigenvalue weighted by molar-refractivity contribution is 0.169. The number of aliphatic hydroxyl groups is 1. The molecule has 0 aromatic heterocycles. The molecule has 0 amide bonds. The molecule has 1 aromatic carbocycles. The second kappa shape index (κ2) is 6.12. The molecule has 2 N–H and O–H groups in total. The Kier molecular flexibility index (Phi) is 4.24. The molecule has 2 aliphatic rings. The SMILES string of the molecule is COc1cccc(C(O)CNC2CCN(C3CC3)C2)c1. The topological polar surface area (TPSA) is 44.7 Å². The van der Waals surface area contributed by atoms with Crippen molar-refractivity contribution in [1.82, 2.24) is 10.2 Å². The Morgan fingerprint density at radius 3 is 3.00 bits per heavy atom. The summed E-state index contributed by atoms with van der Waals surface area (Å²) in [6.45, 7) is 2.95. The minimum absolute atomic E-state index is 0.472. The quantitative estimate of drug-likeness (QED) is 0.827. The van der Waals surface area contributed by atoms with Crippen LogP contribution in [-0.2, 0) is 0 Å². The summed E-state index contributed by atoms with van der Waals surface area (Å²) >= 11 is 0. The highest BCUT2D eigenvalue weighted by Crippen LogP contribution is 2.29. The van der Waals surface area contributed by atoms with Gasteiger partial charge in [0.2, 0.25) is 0 Å². The minimum atomic E-state index is -0.472. The van der Waals surface area contributed by atoms with Gasteiger partial charge in [-0.05, 0) is 37.0 Å². The predicted molar refractivity (Wildman–Crippen MR) is 79.0 cm³/mol. The Balaban J connectivity index is 1.47. The van der Waals surface area contributed by atoms with Gasteiger partial charge >= 0.3 is 0 Å². The number of benzene rings is 1. The standard InChI is InChI=1S/C16H24N2O2/c1-20-15-4-2-3-12(9-15)16(19)10-17-13-7-8-18(11-13)14-5-6-14/h2-4,9,13-14,16-17,19H,5-8,10-11H2,1H3. The zero-order valence-corrected chi connectivity index (χ0v) is 12.1. The van der Waals surface area contributed by atoms with Crippen molar-refractivity contribution in [2.24, 2.45) is 0 Å². The van der Waals surface area contributed by atoms with E-state index < -0.39 is 6.10 Å². The summed E-state index contributed by atoms with van der Waals surface area (Å²) in [4.78, 5) is 2.58. The summed E-state index contributed by atoms with van der Waals surface area (Å²) in [5.74, 6) is 0.794. The fourth-order valence-electron chi connectivity index (χ4n) is 2.97. The van der Waals surface area contributed by atoms with Crippen LogP contribution >= 0.6 is 0 Å². The van der Waals surface area contributed by atoms with E-state index in [2.05, 4.69) is 10.2 Å². The number of hydrogen-bond acceptors (Lipinski definition) is 4. The number of aliphatic hydroxyl groups excluding tert-OH is 1. The van der Waals surface area contributed by atoms with Gasteiger partial charge in [0.15, 0.2) is 0 Å². The van der Waals surface area contributed by atoms with Crippen molar-refractivity contribution < 1.29 is 9.84 Å². The number of nitrogens with one attached hydrogen (secondary N) is 1. The lowest BCUT2D eigenvalue weighted by atomic mass is 10.1. The largest absolute Gasteiger partial charge is 0.497 e. The van der Waals surface area contributed by atoms with E-state index in [0.29, 0.717) is 12.6 Å². The van der Waals surface area contributed by atoms with E-state index in [1.807, 2.05) is 24.3 Å². The normalized spacial score (nSPS) is 24.8. The summed E-state index contributed by atoms with van der Waals surface area (Å²) < 4.78 is 5.19. The molecule has 0 bridgehead atoms. The number of likely N-dealkylation sites (tertiary alicyclic amines) is 1. The van der Waals surface area contributed by atoms with E-state index in [0.717, 1.165) is 23.9 Å². The Labute approximate surface area is 120 Å². The van der Waals surface area contributed by atoms with Crippen molar-refractivity contribution in [3.8, 4) is 5.75 Å². The van der Waals surface area contributed by atoms with E-state index in [-0.39, 0.29) is 0 Å². The van der Waals surface area contributed by atoms with Gasteiger partial charge in [0.1, 0.15) is 5.75 Å². The van der Waals surface area contributed by atoms with Crippen LogP contribution in [0.15, 0.2) is 24.3 Å². The Hall–Kier alpha value is -1.10. The Bertz CT molecular complexity index is 448. The third-order valence-electron chi connectivity index (χ3n) is 4.36. The first-order valence-corrected chi connectivity index (χ1v) is 7.55. The molecule has 4 nitrogen and oxygen atoms in total. The number of methoxy groups -OCH3 is 1. The lowest BCUT2D eigenvalue weighted by Gasteiger charge is -2.18. The predicted octanol–water partition coefficient (Wildman–Crippen LogP) is 1.55. The van der Waals surface area contributed by atoms with Crippen LogP contribution in [0.5, 0.6) is 5.75 Å². The molecular formula is C16H24N2O2. The highest BCUT2D eigenvalue weighted by molar-refractivity contribution is 5.29. The van der Waals surface area contributed by atoms with E-state index >= 15 is 0 Å². The monoisotopic (exact) mass is 276 g/mol. The van der Waals surface area contributed by atoms with E-state index in [1.54, 1.807) is 7.11 Å². The van der Waals surface area contributed by atoms with Crippen molar-refractivity contribution in [1.29, 1.82) is 0 Å². The highest BCUT2D eigenvalue weighted by Gasteiger charge is 2.34. The molecule has 1 saturated carbocycles. The summed E-state index contributed by atoms with van der Waals surface area (Å²) in [6, 6.07) is 9.04. The average Bonchev–Trinajstić information content (AvgIpc) is 3.24. The molecule has 4 heteroatoms. The first-order valence-electron chi connectivity index (χ1n) is 7.55. The first-order chi connectivity index (χ1) is 9.76. The van der Waals surface area contributed by atoms with Gasteiger partial charge in [-0.2, -0.15) is 0 Å². The van der Waals surface area contributed by atoms with Gasteiger partial charge in [-0.1, -0.05) is 12.1 Å². The maximum Gasteiger partial charge on any atom is 0.119 e. The van der Waals surface area contributed by atoms with Crippen molar-refractivity contribution >= 4 is 0 Å². The Morgan fingerprint density at radius 2 is 2.25 bits per heavy atom. The second-order valence-electron chi connectivity index (χ2n) is 5.91. The van der Waals surface area contributed by atoms with Crippen molar-refractivity contribution in [2.45, 2.75) is 37.5 Å². The van der Waals surface area contributed by atoms with Crippen LogP contribution in [-0.4, -0.2) is 48.8 Å². The maximum atomic E-state index is 10.3. The summed E-state index contributed by atoms with van der Waals surface area (Å²) in [5, 5.41) is 13.8. The van der Waals surface area contributed by atoms with E-state index in [1.165, 1.54) is 25.8 Å². The summed E-state index contributed by atoms with van der Waals surface area (Å²) in [6.07, 6.45) is 3.47. The first kappa shape index (κ1) is 13.9. The molecule has 1 heterocycles. The lowest BCUT2D eigenvalue weighted by Crippen LogP contribution is -2.35. The molecular weight excluding hydrogens is 252 g/mol. The van der Waals surface area contributed by atoms with Gasteiger partial charge in [-0.15, -0.1) is 0 Å². The van der Waals surface area contributed by atoms with Gasteiger partial charge in [0.25, 0.3) is 0 Å². The number of hydrogen-bond donors (Lipinski definition) is 2. The van der Waals surface area contributed by atoms with Crippen LogP contribution in [0.3, 0.4) is 0 Å². The van der Waals surface area contributed by atoms with E-state index in [9.17, 15) is 5.11 Å². The van der Waals surface area contributed by atoms with Crippen LogP contribution in [0, 0.1) is 0 Å². The minimum Gasteiger partial charge on any atom is -0.497 e. The molecule has 2 fully saturated rings. The molecule has 20 heavy (non-hydrogen) atoms. The van der Waals surface area contributed by atoms with Gasteiger partial charge in [-0.25, -0.2) is 0 Å². The van der Waals surface area contributed by atoms with Crippen molar-refractivity contribution in [3.05, 3.63) is 29.8 Å². The van der Waals surface area contributed by atoms with Crippen LogP contribution in [0.25, 0.3) is 0 Å². The van der Waals surface area contributed by atoms with Gasteiger partial charge in [0, 0.05) is 31.7 Å². The molecule has 1 aliphatic heterocycles. The number of rotatable bonds is 6. The molecule has 3 rings (SSSR count). The Morgan fingerprint density at radius 1 is 1.40 bits per heavy atom. The van der Waals surface area contributed by atoms with Crippen molar-refractivity contribution in [3.63, 3.8) is 0 Å². The third-order valence-corrected chi connectivity index (χ3v) is 4.36. The van der Waals surface area contributed by atoms with Crippen LogP contribution in [0.1, 0.15) is 30.9 Å². The van der Waals surface area contributed by atoms with Crippen molar-refractivity contribution in [2.75, 3.05) is 26.7 Å². The summed E-state index contributed by atoms with van der Waals surface area (Å²) in [5.41, 5.74) is 0.911. The zero-order chi connectivity index (χ0) is 13.9. The highest BCUT2D eigenvalue weighted by atomic mass is 16.5. The van der Waals surface area contributed by atoms with Gasteiger partial charge in [-0.3, -0.25) is 4.90 Å².